The Morgan fingerprint density at radius 1 is 0.667 bits per heavy atom. The van der Waals surface area contributed by atoms with Crippen molar-refractivity contribution in [3.05, 3.63) is 173 Å². The second kappa shape index (κ2) is 13.5. The lowest BCUT2D eigenvalue weighted by Crippen LogP contribution is -2.57. The van der Waals surface area contributed by atoms with Gasteiger partial charge in [0.25, 0.3) is 6.71 Å². The molecule has 0 saturated heterocycles. The van der Waals surface area contributed by atoms with Gasteiger partial charge >= 0.3 is 0 Å². The Bertz CT molecular complexity index is 2840. The van der Waals surface area contributed by atoms with Crippen LogP contribution < -0.4 is 20.9 Å². The molecule has 1 saturated carbocycles. The van der Waals surface area contributed by atoms with Gasteiger partial charge < -0.3 is 14.2 Å². The number of nitrogens with zero attached hydrogens (tertiary/aromatic N) is 2. The Kier molecular flexibility index (Phi) is 8.34. The minimum absolute atomic E-state index is 0.0786. The van der Waals surface area contributed by atoms with Gasteiger partial charge in [-0.3, -0.25) is 0 Å². The molecule has 3 heterocycles. The zero-order valence-electron chi connectivity index (χ0n) is 36.0. The molecule has 0 radical (unpaired) electrons. The summed E-state index contributed by atoms with van der Waals surface area (Å²) in [4.78, 5) is 5.23. The molecule has 296 valence electrons. The summed E-state index contributed by atoms with van der Waals surface area (Å²) >= 11 is 0. The summed E-state index contributed by atoms with van der Waals surface area (Å²) in [5.41, 5.74) is 21.4. The van der Waals surface area contributed by atoms with Crippen molar-refractivity contribution >= 4 is 57.2 Å². The van der Waals surface area contributed by atoms with Gasteiger partial charge in [0, 0.05) is 39.3 Å². The second-order valence-electron chi connectivity index (χ2n) is 19.4. The molecule has 6 aromatic carbocycles. The number of aryl methyl sites for hydroxylation is 1. The van der Waals surface area contributed by atoms with Crippen LogP contribution >= 0.6 is 0 Å². The number of hydrogen-bond acceptors (Lipinski definition) is 3. The number of furan rings is 1. The molecule has 2 aliphatic carbocycles. The van der Waals surface area contributed by atoms with Crippen molar-refractivity contribution in [1.82, 2.24) is 0 Å². The first-order valence-electron chi connectivity index (χ1n) is 22.1. The van der Waals surface area contributed by atoms with Crippen LogP contribution in [0, 0.1) is 23.7 Å². The average Bonchev–Trinajstić information content (AvgIpc) is 3.64. The van der Waals surface area contributed by atoms with E-state index < -0.39 is 0 Å². The second-order valence-corrected chi connectivity index (χ2v) is 19.4. The molecule has 2 aliphatic heterocycles. The summed E-state index contributed by atoms with van der Waals surface area (Å²) in [6.45, 7) is 16.8. The third-order valence-corrected chi connectivity index (χ3v) is 14.5. The topological polar surface area (TPSA) is 19.6 Å². The number of hydrogen-bond donors (Lipinski definition) is 0. The highest BCUT2D eigenvalue weighted by atomic mass is 16.3. The van der Waals surface area contributed by atoms with E-state index in [1.54, 1.807) is 5.57 Å². The van der Waals surface area contributed by atoms with Crippen molar-refractivity contribution in [2.75, 3.05) is 9.80 Å². The minimum atomic E-state index is -0.0786. The Labute approximate surface area is 356 Å². The summed E-state index contributed by atoms with van der Waals surface area (Å²) < 4.78 is 7.39. The van der Waals surface area contributed by atoms with Crippen LogP contribution in [0.25, 0.3) is 33.2 Å². The van der Waals surface area contributed by atoms with Gasteiger partial charge in [-0.1, -0.05) is 156 Å². The lowest BCUT2D eigenvalue weighted by Gasteiger charge is -2.53. The molecule has 1 aromatic heterocycles. The molecule has 1 unspecified atom stereocenters. The molecule has 60 heavy (non-hydrogen) atoms. The van der Waals surface area contributed by atoms with Gasteiger partial charge in [0.2, 0.25) is 0 Å². The third-order valence-electron chi connectivity index (χ3n) is 14.5. The van der Waals surface area contributed by atoms with Crippen molar-refractivity contribution in [3.8, 4) is 22.3 Å². The van der Waals surface area contributed by atoms with Crippen molar-refractivity contribution in [1.29, 1.82) is 0 Å². The van der Waals surface area contributed by atoms with Crippen LogP contribution in [0.5, 0.6) is 0 Å². The van der Waals surface area contributed by atoms with Crippen LogP contribution in [0.3, 0.4) is 0 Å². The normalized spacial score (nSPS) is 18.6. The van der Waals surface area contributed by atoms with Gasteiger partial charge in [-0.05, 0) is 118 Å². The number of fused-ring (bicyclic) bond motifs is 6. The van der Waals surface area contributed by atoms with Gasteiger partial charge in [0.1, 0.15) is 5.58 Å². The maximum atomic E-state index is 7.39. The summed E-state index contributed by atoms with van der Waals surface area (Å²) in [7, 11) is 0. The Balaban J connectivity index is 1.30. The predicted molar refractivity (Wildman–Crippen MR) is 254 cm³/mol. The fraction of sp³-hybridized carbons (Fsp3) is 0.250. The van der Waals surface area contributed by atoms with Crippen LogP contribution in [-0.4, -0.2) is 6.71 Å². The van der Waals surface area contributed by atoms with Crippen LogP contribution in [0.4, 0.5) is 28.4 Å². The van der Waals surface area contributed by atoms with Crippen molar-refractivity contribution in [3.63, 3.8) is 0 Å². The Hall–Kier alpha value is -6.00. The van der Waals surface area contributed by atoms with Gasteiger partial charge in [0.05, 0.1) is 17.0 Å². The molecule has 3 nitrogen and oxygen atoms in total. The van der Waals surface area contributed by atoms with E-state index >= 15 is 0 Å². The first-order chi connectivity index (χ1) is 29.0. The average molecular weight is 781 g/mol. The molecular formula is C56H53BN2O. The summed E-state index contributed by atoms with van der Waals surface area (Å²) in [5.74, 6) is 0.802. The molecule has 0 spiro atoms. The molecule has 1 fully saturated rings. The molecule has 4 heteroatoms. The number of benzene rings is 6. The summed E-state index contributed by atoms with van der Waals surface area (Å²) in [5, 5.41) is 1.16. The highest BCUT2D eigenvalue weighted by molar-refractivity contribution is 6.95. The number of para-hydroxylation sites is 2. The number of rotatable bonds is 5. The standard InChI is InChI=1S/C56H53BN2O/c1-35(2)39-26-27-43-50(32-39)60-54-53(43)58(40-22-15-10-16-23-40)48-30-36(3)31-49-51(48)57(54)46-33-44-45(56(6,7)29-28-55(44,4)5)34-47(46)59(49)52-41(37-18-11-8-12-19-37)24-17-25-42(52)38-20-13-9-14-21-38/h8-27,30-33,35,45H,28-29,34H2,1-7H3. The lowest BCUT2D eigenvalue weighted by molar-refractivity contribution is 0.121. The Morgan fingerprint density at radius 2 is 1.28 bits per heavy atom. The maximum Gasteiger partial charge on any atom is 0.296 e. The fourth-order valence-electron chi connectivity index (χ4n) is 11.2. The predicted octanol–water partition coefficient (Wildman–Crippen LogP) is 14.3. The molecule has 0 bridgehead atoms. The first-order valence-corrected chi connectivity index (χ1v) is 22.1. The largest absolute Gasteiger partial charge is 0.468 e. The Morgan fingerprint density at radius 3 is 1.92 bits per heavy atom. The monoisotopic (exact) mass is 780 g/mol. The van der Waals surface area contributed by atoms with Gasteiger partial charge in [-0.25, -0.2) is 0 Å². The van der Waals surface area contributed by atoms with Crippen LogP contribution in [0.2, 0.25) is 0 Å². The molecular weight excluding hydrogens is 727 g/mol. The fourth-order valence-corrected chi connectivity index (χ4v) is 11.2. The molecule has 11 rings (SSSR count). The summed E-state index contributed by atoms with van der Waals surface area (Å²) in [6, 6.07) is 51.7. The van der Waals surface area contributed by atoms with Gasteiger partial charge in [-0.15, -0.1) is 0 Å². The van der Waals surface area contributed by atoms with Crippen molar-refractivity contribution < 1.29 is 4.42 Å². The smallest absolute Gasteiger partial charge is 0.296 e. The van der Waals surface area contributed by atoms with Crippen molar-refractivity contribution in [2.45, 2.75) is 73.6 Å². The zero-order valence-corrected chi connectivity index (χ0v) is 36.0. The van der Waals surface area contributed by atoms with E-state index in [1.807, 2.05) is 0 Å². The summed E-state index contributed by atoms with van der Waals surface area (Å²) in [6.07, 6.45) is 6.03. The van der Waals surface area contributed by atoms with E-state index in [4.69, 9.17) is 4.42 Å². The van der Waals surface area contributed by atoms with Gasteiger partial charge in [0.15, 0.2) is 0 Å². The quantitative estimate of drug-likeness (QED) is 0.162. The van der Waals surface area contributed by atoms with Crippen LogP contribution in [0.1, 0.15) is 77.8 Å². The van der Waals surface area contributed by atoms with E-state index in [1.165, 1.54) is 85.6 Å². The number of anilines is 5. The van der Waals surface area contributed by atoms with E-state index in [9.17, 15) is 0 Å². The molecule has 0 N–H and O–H groups in total. The third kappa shape index (κ3) is 5.56. The maximum absolute atomic E-state index is 7.39. The van der Waals surface area contributed by atoms with Crippen LogP contribution in [0.15, 0.2) is 167 Å². The lowest BCUT2D eigenvalue weighted by atomic mass is 9.33. The highest BCUT2D eigenvalue weighted by Crippen LogP contribution is 2.60. The van der Waals surface area contributed by atoms with Gasteiger partial charge in [-0.2, -0.15) is 0 Å². The van der Waals surface area contributed by atoms with Crippen molar-refractivity contribution in [2.24, 2.45) is 16.7 Å². The van der Waals surface area contributed by atoms with E-state index in [-0.39, 0.29) is 17.5 Å². The SMILES string of the molecule is Cc1cc2c3c(c1)N(c1ccccc1)c1c(oc4cc(C(C)C)ccc14)B3C1=C(CC3C(=C1)C(C)(C)CCC3(C)C)N2c1c(-c2ccccc2)cccc1-c1ccccc1. The molecule has 7 aromatic rings. The van der Waals surface area contributed by atoms with E-state index in [0.717, 1.165) is 28.7 Å². The van der Waals surface area contributed by atoms with E-state index in [2.05, 4.69) is 204 Å². The zero-order chi connectivity index (χ0) is 41.1. The number of allylic oxidation sites excluding steroid dienone is 4. The highest BCUT2D eigenvalue weighted by Gasteiger charge is 2.53. The van der Waals surface area contributed by atoms with E-state index in [0.29, 0.717) is 11.8 Å². The first kappa shape index (κ1) is 37.0. The molecule has 0 amide bonds. The molecule has 4 aliphatic rings. The van der Waals surface area contributed by atoms with Crippen LogP contribution in [-0.2, 0) is 0 Å². The molecule has 1 atom stereocenters. The minimum Gasteiger partial charge on any atom is -0.468 e.